The smallest absolute Gasteiger partial charge is 0.156 e. The van der Waals surface area contributed by atoms with Crippen molar-refractivity contribution in [2.45, 2.75) is 32.7 Å². The van der Waals surface area contributed by atoms with E-state index < -0.39 is 0 Å². The Kier molecular flexibility index (Phi) is 5.39. The summed E-state index contributed by atoms with van der Waals surface area (Å²) in [6.45, 7) is 4.53. The summed E-state index contributed by atoms with van der Waals surface area (Å²) in [5.74, 6) is 0.540. The van der Waals surface area contributed by atoms with Gasteiger partial charge in [0.15, 0.2) is 5.75 Å². The van der Waals surface area contributed by atoms with Crippen molar-refractivity contribution >= 4 is 23.2 Å². The van der Waals surface area contributed by atoms with Crippen molar-refractivity contribution in [2.24, 2.45) is 5.73 Å². The maximum absolute atomic E-state index is 6.09. The van der Waals surface area contributed by atoms with E-state index in [0.29, 0.717) is 22.4 Å². The SMILES string of the molecule is CCCC(N)c1cc(Cl)c(OCC)c(Cl)c1. The average molecular weight is 262 g/mol. The van der Waals surface area contributed by atoms with Crippen molar-refractivity contribution in [3.05, 3.63) is 27.7 Å². The maximum atomic E-state index is 6.09. The van der Waals surface area contributed by atoms with Gasteiger partial charge < -0.3 is 10.5 Å². The van der Waals surface area contributed by atoms with Crippen LogP contribution in [0.3, 0.4) is 0 Å². The molecule has 1 aromatic rings. The molecule has 0 aromatic heterocycles. The first-order chi connectivity index (χ1) is 7.60. The number of benzene rings is 1. The van der Waals surface area contributed by atoms with Gasteiger partial charge in [-0.05, 0) is 31.0 Å². The monoisotopic (exact) mass is 261 g/mol. The fraction of sp³-hybridized carbons (Fsp3) is 0.500. The summed E-state index contributed by atoms with van der Waals surface area (Å²) >= 11 is 12.2. The van der Waals surface area contributed by atoms with Crippen LogP contribution in [0.15, 0.2) is 12.1 Å². The molecule has 0 aliphatic carbocycles. The third-order valence-corrected chi connectivity index (χ3v) is 2.90. The molecule has 0 aliphatic rings. The largest absolute Gasteiger partial charge is 0.491 e. The summed E-state index contributed by atoms with van der Waals surface area (Å²) in [4.78, 5) is 0. The molecular formula is C12H17Cl2NO. The van der Waals surface area contributed by atoms with Crippen molar-refractivity contribution in [1.29, 1.82) is 0 Å². The maximum Gasteiger partial charge on any atom is 0.156 e. The van der Waals surface area contributed by atoms with Gasteiger partial charge in [0.25, 0.3) is 0 Å². The van der Waals surface area contributed by atoms with Crippen LogP contribution in [0, 0.1) is 0 Å². The molecule has 1 rings (SSSR count). The molecule has 2 nitrogen and oxygen atoms in total. The predicted octanol–water partition coefficient (Wildman–Crippen LogP) is 4.19. The first-order valence-electron chi connectivity index (χ1n) is 5.47. The van der Waals surface area contributed by atoms with Gasteiger partial charge in [0, 0.05) is 6.04 Å². The Bertz CT molecular complexity index is 332. The number of nitrogens with two attached hydrogens (primary N) is 1. The molecule has 1 unspecified atom stereocenters. The van der Waals surface area contributed by atoms with Gasteiger partial charge in [-0.1, -0.05) is 36.5 Å². The highest BCUT2D eigenvalue weighted by atomic mass is 35.5. The lowest BCUT2D eigenvalue weighted by atomic mass is 10.0. The van der Waals surface area contributed by atoms with E-state index in [1.807, 2.05) is 19.1 Å². The quantitative estimate of drug-likeness (QED) is 0.863. The van der Waals surface area contributed by atoms with Crippen LogP contribution in [0.25, 0.3) is 0 Å². The standard InChI is InChI=1S/C12H17Cl2NO/c1-3-5-11(15)8-6-9(13)12(16-4-2)10(14)7-8/h6-7,11H,3-5,15H2,1-2H3. The van der Waals surface area contributed by atoms with Crippen LogP contribution in [0.2, 0.25) is 10.0 Å². The van der Waals surface area contributed by atoms with Crippen molar-refractivity contribution in [3.63, 3.8) is 0 Å². The zero-order valence-corrected chi connectivity index (χ0v) is 11.1. The normalized spacial score (nSPS) is 12.6. The van der Waals surface area contributed by atoms with Gasteiger partial charge in [-0.15, -0.1) is 0 Å². The van der Waals surface area contributed by atoms with Crippen molar-refractivity contribution in [1.82, 2.24) is 0 Å². The third kappa shape index (κ3) is 3.27. The van der Waals surface area contributed by atoms with Gasteiger partial charge in [0.1, 0.15) is 0 Å². The Morgan fingerprint density at radius 1 is 1.25 bits per heavy atom. The van der Waals surface area contributed by atoms with E-state index in [9.17, 15) is 0 Å². The topological polar surface area (TPSA) is 35.2 Å². The average Bonchev–Trinajstić information content (AvgIpc) is 2.23. The first kappa shape index (κ1) is 13.6. The minimum Gasteiger partial charge on any atom is -0.491 e. The fourth-order valence-electron chi connectivity index (χ4n) is 1.55. The molecule has 90 valence electrons. The molecule has 4 heteroatoms. The molecular weight excluding hydrogens is 245 g/mol. The van der Waals surface area contributed by atoms with Crippen LogP contribution in [0.4, 0.5) is 0 Å². The molecule has 0 fully saturated rings. The van der Waals surface area contributed by atoms with Gasteiger partial charge in [0.05, 0.1) is 16.7 Å². The zero-order valence-electron chi connectivity index (χ0n) is 9.59. The van der Waals surface area contributed by atoms with E-state index in [1.54, 1.807) is 0 Å². The molecule has 0 spiro atoms. The van der Waals surface area contributed by atoms with E-state index in [-0.39, 0.29) is 6.04 Å². The molecule has 2 N–H and O–H groups in total. The summed E-state index contributed by atoms with van der Waals surface area (Å²) in [6.07, 6.45) is 1.95. The summed E-state index contributed by atoms with van der Waals surface area (Å²) in [5.41, 5.74) is 6.97. The lowest BCUT2D eigenvalue weighted by molar-refractivity contribution is 0.340. The van der Waals surface area contributed by atoms with Gasteiger partial charge in [-0.2, -0.15) is 0 Å². The third-order valence-electron chi connectivity index (χ3n) is 2.34. The molecule has 0 saturated carbocycles. The van der Waals surface area contributed by atoms with E-state index in [0.717, 1.165) is 18.4 Å². The molecule has 0 radical (unpaired) electrons. The number of hydrogen-bond acceptors (Lipinski definition) is 2. The van der Waals surface area contributed by atoms with E-state index in [1.165, 1.54) is 0 Å². The van der Waals surface area contributed by atoms with Crippen LogP contribution in [-0.2, 0) is 0 Å². The summed E-state index contributed by atoms with van der Waals surface area (Å²) in [6, 6.07) is 3.65. The Balaban J connectivity index is 2.99. The molecule has 1 aromatic carbocycles. The molecule has 1 atom stereocenters. The molecule has 0 aliphatic heterocycles. The second-order valence-electron chi connectivity index (χ2n) is 3.64. The Morgan fingerprint density at radius 3 is 2.25 bits per heavy atom. The number of rotatable bonds is 5. The number of ether oxygens (including phenoxy) is 1. The van der Waals surface area contributed by atoms with Crippen LogP contribution in [0.5, 0.6) is 5.75 Å². The second kappa shape index (κ2) is 6.33. The zero-order chi connectivity index (χ0) is 12.1. The van der Waals surface area contributed by atoms with Crippen LogP contribution < -0.4 is 10.5 Å². The van der Waals surface area contributed by atoms with Crippen molar-refractivity contribution in [2.75, 3.05) is 6.61 Å². The van der Waals surface area contributed by atoms with E-state index >= 15 is 0 Å². The summed E-state index contributed by atoms with van der Waals surface area (Å²) in [7, 11) is 0. The van der Waals surface area contributed by atoms with Gasteiger partial charge >= 0.3 is 0 Å². The molecule has 0 bridgehead atoms. The highest BCUT2D eigenvalue weighted by Crippen LogP contribution is 2.36. The highest BCUT2D eigenvalue weighted by molar-refractivity contribution is 6.37. The minimum absolute atomic E-state index is 0.0179. The lowest BCUT2D eigenvalue weighted by Gasteiger charge is -2.14. The van der Waals surface area contributed by atoms with Gasteiger partial charge in [-0.3, -0.25) is 0 Å². The lowest BCUT2D eigenvalue weighted by Crippen LogP contribution is -2.10. The molecule has 16 heavy (non-hydrogen) atoms. The highest BCUT2D eigenvalue weighted by Gasteiger charge is 2.12. The number of hydrogen-bond donors (Lipinski definition) is 1. The Hall–Kier alpha value is -0.440. The van der Waals surface area contributed by atoms with Gasteiger partial charge in [-0.25, -0.2) is 0 Å². The number of halogens is 2. The van der Waals surface area contributed by atoms with E-state index in [2.05, 4.69) is 6.92 Å². The fourth-order valence-corrected chi connectivity index (χ4v) is 2.17. The predicted molar refractivity (Wildman–Crippen MR) is 69.5 cm³/mol. The van der Waals surface area contributed by atoms with Crippen LogP contribution in [0.1, 0.15) is 38.3 Å². The molecule has 0 saturated heterocycles. The van der Waals surface area contributed by atoms with E-state index in [4.69, 9.17) is 33.7 Å². The Labute approximate surface area is 107 Å². The Morgan fingerprint density at radius 2 is 1.81 bits per heavy atom. The van der Waals surface area contributed by atoms with Gasteiger partial charge in [0.2, 0.25) is 0 Å². The van der Waals surface area contributed by atoms with Crippen molar-refractivity contribution in [3.8, 4) is 5.75 Å². The second-order valence-corrected chi connectivity index (χ2v) is 4.46. The molecule has 0 heterocycles. The summed E-state index contributed by atoms with van der Waals surface area (Å²) in [5, 5.41) is 1.05. The minimum atomic E-state index is -0.0179. The first-order valence-corrected chi connectivity index (χ1v) is 6.23. The summed E-state index contributed by atoms with van der Waals surface area (Å²) < 4.78 is 5.36. The van der Waals surface area contributed by atoms with Crippen molar-refractivity contribution < 1.29 is 4.74 Å². The van der Waals surface area contributed by atoms with Crippen LogP contribution >= 0.6 is 23.2 Å². The molecule has 0 amide bonds. The van der Waals surface area contributed by atoms with Crippen LogP contribution in [-0.4, -0.2) is 6.61 Å².